The maximum Gasteiger partial charge on any atom is 0.270 e. The molecular formula is C19H16N2O. The molecule has 2 aromatic carbocycles. The van der Waals surface area contributed by atoms with E-state index in [-0.39, 0.29) is 11.4 Å². The summed E-state index contributed by atoms with van der Waals surface area (Å²) < 4.78 is 0. The number of aromatic nitrogens is 1. The number of hydrogen-bond donors (Lipinski definition) is 1. The molecule has 1 heterocycles. The number of carbonyl (C=O) groups excluding carboxylic acids is 1. The first-order valence-electron chi connectivity index (χ1n) is 7.50. The number of nitrogens with zero attached hydrogens (tertiary/aromatic N) is 1. The number of pyridine rings is 1. The quantitative estimate of drug-likeness (QED) is 0.799. The van der Waals surface area contributed by atoms with E-state index in [1.165, 1.54) is 16.3 Å². The summed E-state index contributed by atoms with van der Waals surface area (Å²) >= 11 is 0. The molecule has 108 valence electrons. The molecule has 0 aliphatic heterocycles. The molecule has 3 nitrogen and oxygen atoms in total. The molecule has 1 aliphatic rings. The number of fused-ring (bicyclic) bond motifs is 1. The molecule has 0 bridgehead atoms. The van der Waals surface area contributed by atoms with Crippen molar-refractivity contribution in [2.24, 2.45) is 0 Å². The van der Waals surface area contributed by atoms with Crippen molar-refractivity contribution in [3.8, 4) is 0 Å². The van der Waals surface area contributed by atoms with E-state index in [0.717, 1.165) is 12.8 Å². The minimum absolute atomic E-state index is 0.106. The second-order valence-electron chi connectivity index (χ2n) is 5.78. The highest BCUT2D eigenvalue weighted by molar-refractivity contribution is 5.94. The average molecular weight is 288 g/mol. The third-order valence-electron chi connectivity index (χ3n) is 4.31. The number of carbonyl (C=O) groups is 1. The van der Waals surface area contributed by atoms with Crippen LogP contribution in [0.1, 0.15) is 28.9 Å². The SMILES string of the molecule is O=C(NC1(c2cccc3ccccc23)CC1)c1ccccn1. The molecule has 3 heteroatoms. The first kappa shape index (κ1) is 13.0. The van der Waals surface area contributed by atoms with Crippen LogP contribution >= 0.6 is 0 Å². The van der Waals surface area contributed by atoms with Crippen LogP contribution in [0.15, 0.2) is 66.9 Å². The molecule has 0 unspecified atom stereocenters. The van der Waals surface area contributed by atoms with Crippen LogP contribution in [-0.2, 0) is 5.54 Å². The molecule has 0 saturated heterocycles. The van der Waals surface area contributed by atoms with Crippen molar-refractivity contribution in [1.29, 1.82) is 0 Å². The molecule has 3 aromatic rings. The van der Waals surface area contributed by atoms with Gasteiger partial charge in [-0.25, -0.2) is 0 Å². The van der Waals surface area contributed by atoms with Gasteiger partial charge in [-0.2, -0.15) is 0 Å². The van der Waals surface area contributed by atoms with Crippen LogP contribution in [0.3, 0.4) is 0 Å². The minimum Gasteiger partial charge on any atom is -0.341 e. The molecule has 0 spiro atoms. The lowest BCUT2D eigenvalue weighted by atomic mass is 9.97. The Bertz CT molecular complexity index is 833. The molecule has 1 N–H and O–H groups in total. The third-order valence-corrected chi connectivity index (χ3v) is 4.31. The van der Waals surface area contributed by atoms with Crippen molar-refractivity contribution in [2.45, 2.75) is 18.4 Å². The van der Waals surface area contributed by atoms with E-state index in [1.54, 1.807) is 12.3 Å². The normalized spacial score (nSPS) is 15.5. The zero-order valence-electron chi connectivity index (χ0n) is 12.1. The Kier molecular flexibility index (Phi) is 2.93. The lowest BCUT2D eigenvalue weighted by molar-refractivity contribution is 0.0926. The Balaban J connectivity index is 1.71. The average Bonchev–Trinajstić information content (AvgIpc) is 3.35. The van der Waals surface area contributed by atoms with Crippen molar-refractivity contribution in [3.05, 3.63) is 78.1 Å². The van der Waals surface area contributed by atoms with E-state index in [9.17, 15) is 4.79 Å². The van der Waals surface area contributed by atoms with Crippen molar-refractivity contribution in [1.82, 2.24) is 10.3 Å². The summed E-state index contributed by atoms with van der Waals surface area (Å²) in [5.41, 5.74) is 1.43. The molecule has 0 atom stereocenters. The predicted octanol–water partition coefficient (Wildman–Crippen LogP) is 3.65. The van der Waals surface area contributed by atoms with Crippen LogP contribution in [0, 0.1) is 0 Å². The van der Waals surface area contributed by atoms with Gasteiger partial charge in [0.05, 0.1) is 5.54 Å². The van der Waals surface area contributed by atoms with Crippen LogP contribution in [0.4, 0.5) is 0 Å². The number of nitrogens with one attached hydrogen (secondary N) is 1. The fourth-order valence-electron chi connectivity index (χ4n) is 3.01. The highest BCUT2D eigenvalue weighted by Crippen LogP contribution is 2.48. The number of rotatable bonds is 3. The lowest BCUT2D eigenvalue weighted by Crippen LogP contribution is -2.35. The van der Waals surface area contributed by atoms with Gasteiger partial charge >= 0.3 is 0 Å². The van der Waals surface area contributed by atoms with Gasteiger partial charge in [0.2, 0.25) is 0 Å². The van der Waals surface area contributed by atoms with Gasteiger partial charge in [0, 0.05) is 6.20 Å². The first-order valence-corrected chi connectivity index (χ1v) is 7.50. The molecule has 1 amide bonds. The van der Waals surface area contributed by atoms with Gasteiger partial charge in [0.25, 0.3) is 5.91 Å². The first-order chi connectivity index (χ1) is 10.8. The highest BCUT2D eigenvalue weighted by Gasteiger charge is 2.46. The molecule has 4 rings (SSSR count). The van der Waals surface area contributed by atoms with Gasteiger partial charge in [-0.1, -0.05) is 48.5 Å². The van der Waals surface area contributed by atoms with E-state index < -0.39 is 0 Å². The zero-order chi connectivity index (χ0) is 15.0. The summed E-state index contributed by atoms with van der Waals surface area (Å²) in [6, 6.07) is 20.0. The smallest absolute Gasteiger partial charge is 0.270 e. The topological polar surface area (TPSA) is 42.0 Å². The van der Waals surface area contributed by atoms with E-state index in [4.69, 9.17) is 0 Å². The van der Waals surface area contributed by atoms with Crippen molar-refractivity contribution in [2.75, 3.05) is 0 Å². The Hall–Kier alpha value is -2.68. The van der Waals surface area contributed by atoms with Crippen molar-refractivity contribution < 1.29 is 4.79 Å². The highest BCUT2D eigenvalue weighted by atomic mass is 16.2. The van der Waals surface area contributed by atoms with E-state index in [1.807, 2.05) is 24.3 Å². The van der Waals surface area contributed by atoms with Crippen LogP contribution < -0.4 is 5.32 Å². The Morgan fingerprint density at radius 3 is 2.50 bits per heavy atom. The van der Waals surface area contributed by atoms with Gasteiger partial charge < -0.3 is 5.32 Å². The van der Waals surface area contributed by atoms with Crippen molar-refractivity contribution in [3.63, 3.8) is 0 Å². The summed E-state index contributed by atoms with van der Waals surface area (Å²) in [5, 5.41) is 5.61. The van der Waals surface area contributed by atoms with Gasteiger partial charge in [0.1, 0.15) is 5.69 Å². The number of benzene rings is 2. The monoisotopic (exact) mass is 288 g/mol. The van der Waals surface area contributed by atoms with Gasteiger partial charge in [-0.15, -0.1) is 0 Å². The molecule has 22 heavy (non-hydrogen) atoms. The molecular weight excluding hydrogens is 272 g/mol. The minimum atomic E-state index is -0.241. The number of amides is 1. The van der Waals surface area contributed by atoms with Gasteiger partial charge in [0.15, 0.2) is 0 Å². The second kappa shape index (κ2) is 4.95. The third kappa shape index (κ3) is 2.15. The zero-order valence-corrected chi connectivity index (χ0v) is 12.1. The fourth-order valence-corrected chi connectivity index (χ4v) is 3.01. The maximum atomic E-state index is 12.4. The second-order valence-corrected chi connectivity index (χ2v) is 5.78. The van der Waals surface area contributed by atoms with Crippen LogP contribution in [0.2, 0.25) is 0 Å². The summed E-state index contributed by atoms with van der Waals surface area (Å²) in [7, 11) is 0. The molecule has 1 aromatic heterocycles. The molecule has 0 radical (unpaired) electrons. The van der Waals surface area contributed by atoms with E-state index in [2.05, 4.69) is 40.6 Å². The van der Waals surface area contributed by atoms with Crippen LogP contribution in [0.5, 0.6) is 0 Å². The maximum absolute atomic E-state index is 12.4. The largest absolute Gasteiger partial charge is 0.341 e. The fraction of sp³-hybridized carbons (Fsp3) is 0.158. The summed E-state index contributed by atoms with van der Waals surface area (Å²) in [4.78, 5) is 16.6. The summed E-state index contributed by atoms with van der Waals surface area (Å²) in [5.74, 6) is -0.106. The summed E-state index contributed by atoms with van der Waals surface area (Å²) in [6.07, 6.45) is 3.59. The van der Waals surface area contributed by atoms with E-state index >= 15 is 0 Å². The van der Waals surface area contributed by atoms with Crippen molar-refractivity contribution >= 4 is 16.7 Å². The molecule has 1 aliphatic carbocycles. The molecule has 1 fully saturated rings. The molecule has 1 saturated carbocycles. The Labute approximate surface area is 129 Å². The number of hydrogen-bond acceptors (Lipinski definition) is 2. The Morgan fingerprint density at radius 2 is 1.73 bits per heavy atom. The van der Waals surface area contributed by atoms with Gasteiger partial charge in [-0.05, 0) is 41.3 Å². The van der Waals surface area contributed by atoms with Crippen LogP contribution in [0.25, 0.3) is 10.8 Å². The predicted molar refractivity (Wildman–Crippen MR) is 86.6 cm³/mol. The van der Waals surface area contributed by atoms with Gasteiger partial charge in [-0.3, -0.25) is 9.78 Å². The van der Waals surface area contributed by atoms with E-state index in [0.29, 0.717) is 5.69 Å². The Morgan fingerprint density at radius 1 is 0.955 bits per heavy atom. The standard InChI is InChI=1S/C19H16N2O/c22-18(17-10-3-4-13-20-17)21-19(11-12-19)16-9-5-7-14-6-1-2-8-15(14)16/h1-10,13H,11-12H2,(H,21,22). The van der Waals surface area contributed by atoms with Crippen LogP contribution in [-0.4, -0.2) is 10.9 Å². The lowest BCUT2D eigenvalue weighted by Gasteiger charge is -2.20. The summed E-state index contributed by atoms with van der Waals surface area (Å²) in [6.45, 7) is 0.